The van der Waals surface area contributed by atoms with E-state index in [0.29, 0.717) is 25.7 Å². The van der Waals surface area contributed by atoms with Gasteiger partial charge in [-0.05, 0) is 24.1 Å². The second-order valence-corrected chi connectivity index (χ2v) is 6.48. The second kappa shape index (κ2) is 7.58. The lowest BCUT2D eigenvalue weighted by Crippen LogP contribution is -2.37. The number of anilines is 1. The molecule has 2 N–H and O–H groups in total. The van der Waals surface area contributed by atoms with Crippen molar-refractivity contribution in [3.05, 3.63) is 60.2 Å². The van der Waals surface area contributed by atoms with Crippen LogP contribution in [-0.2, 0) is 22.6 Å². The summed E-state index contributed by atoms with van der Waals surface area (Å²) in [6, 6.07) is 18.1. The molecule has 6 nitrogen and oxygen atoms in total. The molecule has 1 aliphatic rings. The van der Waals surface area contributed by atoms with Crippen LogP contribution in [0.3, 0.4) is 0 Å². The highest BCUT2D eigenvalue weighted by Gasteiger charge is 2.19. The molecule has 134 valence electrons. The van der Waals surface area contributed by atoms with Crippen LogP contribution in [0.1, 0.15) is 12.0 Å². The van der Waals surface area contributed by atoms with Crippen molar-refractivity contribution < 1.29 is 9.53 Å². The smallest absolute Gasteiger partial charge is 0.240 e. The molecule has 0 aliphatic carbocycles. The lowest BCUT2D eigenvalue weighted by Gasteiger charge is -2.14. The number of carbonyl (C=O) groups is 1. The minimum atomic E-state index is -0.0218. The SMILES string of the molecule is O=C(Cn1c(NCc2ccccc2)nc2ccccc21)NC1CCOC1. The Morgan fingerprint density at radius 1 is 1.15 bits per heavy atom. The molecule has 1 unspecified atom stereocenters. The molecule has 1 aromatic heterocycles. The number of carbonyl (C=O) groups excluding carboxylic acids is 1. The van der Waals surface area contributed by atoms with Gasteiger partial charge in [0.1, 0.15) is 6.54 Å². The first-order valence-electron chi connectivity index (χ1n) is 8.90. The van der Waals surface area contributed by atoms with Gasteiger partial charge in [0.15, 0.2) is 0 Å². The molecule has 0 radical (unpaired) electrons. The molecule has 4 rings (SSSR count). The molecule has 1 fully saturated rings. The Balaban J connectivity index is 1.54. The number of rotatable bonds is 6. The number of fused-ring (bicyclic) bond motifs is 1. The molecule has 2 heterocycles. The third kappa shape index (κ3) is 3.70. The Morgan fingerprint density at radius 2 is 1.96 bits per heavy atom. The van der Waals surface area contributed by atoms with Gasteiger partial charge >= 0.3 is 0 Å². The van der Waals surface area contributed by atoms with E-state index in [0.717, 1.165) is 17.5 Å². The summed E-state index contributed by atoms with van der Waals surface area (Å²) in [6.07, 6.45) is 0.871. The average Bonchev–Trinajstić information content (AvgIpc) is 3.29. The number of amides is 1. The first-order chi connectivity index (χ1) is 12.8. The van der Waals surface area contributed by atoms with Crippen molar-refractivity contribution >= 4 is 22.9 Å². The predicted molar refractivity (Wildman–Crippen MR) is 101 cm³/mol. The van der Waals surface area contributed by atoms with Gasteiger partial charge < -0.3 is 19.9 Å². The number of imidazole rings is 1. The quantitative estimate of drug-likeness (QED) is 0.717. The van der Waals surface area contributed by atoms with Crippen LogP contribution in [-0.4, -0.2) is 34.7 Å². The molecule has 6 heteroatoms. The fourth-order valence-corrected chi connectivity index (χ4v) is 3.21. The highest BCUT2D eigenvalue weighted by atomic mass is 16.5. The molecule has 0 bridgehead atoms. The normalized spacial score (nSPS) is 16.7. The molecular formula is C20H22N4O2. The van der Waals surface area contributed by atoms with Crippen molar-refractivity contribution in [2.24, 2.45) is 0 Å². The molecular weight excluding hydrogens is 328 g/mol. The fraction of sp³-hybridized carbons (Fsp3) is 0.300. The van der Waals surface area contributed by atoms with Crippen LogP contribution in [0, 0.1) is 0 Å². The Labute approximate surface area is 152 Å². The Kier molecular flexibility index (Phi) is 4.84. The van der Waals surface area contributed by atoms with Gasteiger partial charge in [-0.15, -0.1) is 0 Å². The highest BCUT2D eigenvalue weighted by Crippen LogP contribution is 2.20. The van der Waals surface area contributed by atoms with E-state index in [1.807, 2.05) is 47.0 Å². The molecule has 0 spiro atoms. The molecule has 1 aliphatic heterocycles. The van der Waals surface area contributed by atoms with E-state index in [4.69, 9.17) is 4.74 Å². The average molecular weight is 350 g/mol. The number of aromatic nitrogens is 2. The maximum absolute atomic E-state index is 12.5. The summed E-state index contributed by atoms with van der Waals surface area (Å²) < 4.78 is 7.26. The summed E-state index contributed by atoms with van der Waals surface area (Å²) in [4.78, 5) is 17.2. The van der Waals surface area contributed by atoms with Crippen LogP contribution < -0.4 is 10.6 Å². The predicted octanol–water partition coefficient (Wildman–Crippen LogP) is 2.55. The molecule has 3 aromatic rings. The van der Waals surface area contributed by atoms with Crippen LogP contribution in [0.25, 0.3) is 11.0 Å². The Hall–Kier alpha value is -2.86. The summed E-state index contributed by atoms with van der Waals surface area (Å²) in [6.45, 7) is 2.19. The number of hydrogen-bond acceptors (Lipinski definition) is 4. The second-order valence-electron chi connectivity index (χ2n) is 6.48. The molecule has 0 saturated carbocycles. The van der Waals surface area contributed by atoms with Gasteiger partial charge in [0.2, 0.25) is 11.9 Å². The maximum Gasteiger partial charge on any atom is 0.240 e. The third-order valence-corrected chi connectivity index (χ3v) is 4.54. The summed E-state index contributed by atoms with van der Waals surface area (Å²) in [5.74, 6) is 0.680. The minimum absolute atomic E-state index is 0.0218. The lowest BCUT2D eigenvalue weighted by molar-refractivity contribution is -0.122. The van der Waals surface area contributed by atoms with Crippen LogP contribution in [0.4, 0.5) is 5.95 Å². The van der Waals surface area contributed by atoms with Gasteiger partial charge in [-0.3, -0.25) is 4.79 Å². The molecule has 1 amide bonds. The van der Waals surface area contributed by atoms with E-state index in [1.165, 1.54) is 5.56 Å². The first-order valence-corrected chi connectivity index (χ1v) is 8.90. The summed E-state index contributed by atoms with van der Waals surface area (Å²) in [5, 5.41) is 6.41. The van der Waals surface area contributed by atoms with E-state index in [1.54, 1.807) is 0 Å². The number of ether oxygens (including phenoxy) is 1. The largest absolute Gasteiger partial charge is 0.379 e. The molecule has 1 saturated heterocycles. The number of nitrogens with zero attached hydrogens (tertiary/aromatic N) is 2. The van der Waals surface area contributed by atoms with Gasteiger partial charge in [0.25, 0.3) is 0 Å². The van der Waals surface area contributed by atoms with Crippen molar-refractivity contribution in [1.29, 1.82) is 0 Å². The van der Waals surface area contributed by atoms with E-state index >= 15 is 0 Å². The van der Waals surface area contributed by atoms with E-state index < -0.39 is 0 Å². The lowest BCUT2D eigenvalue weighted by atomic mass is 10.2. The number of para-hydroxylation sites is 2. The zero-order valence-electron chi connectivity index (χ0n) is 14.5. The van der Waals surface area contributed by atoms with Crippen molar-refractivity contribution in [2.45, 2.75) is 25.6 Å². The standard InChI is InChI=1S/C20H22N4O2/c25-19(22-16-10-11-26-14-16)13-24-18-9-5-4-8-17(18)23-20(24)21-12-15-6-2-1-3-7-15/h1-9,16H,10-14H2,(H,21,23)(H,22,25). The minimum Gasteiger partial charge on any atom is -0.379 e. The van der Waals surface area contributed by atoms with Gasteiger partial charge in [0.05, 0.1) is 23.7 Å². The third-order valence-electron chi connectivity index (χ3n) is 4.54. The maximum atomic E-state index is 12.5. The van der Waals surface area contributed by atoms with Crippen molar-refractivity contribution in [1.82, 2.24) is 14.9 Å². The fourth-order valence-electron chi connectivity index (χ4n) is 3.21. The van der Waals surface area contributed by atoms with Gasteiger partial charge in [-0.1, -0.05) is 42.5 Å². The zero-order valence-corrected chi connectivity index (χ0v) is 14.5. The van der Waals surface area contributed by atoms with Crippen LogP contribution >= 0.6 is 0 Å². The summed E-state index contributed by atoms with van der Waals surface area (Å²) in [5.41, 5.74) is 2.99. The van der Waals surface area contributed by atoms with Crippen LogP contribution in [0.2, 0.25) is 0 Å². The van der Waals surface area contributed by atoms with E-state index in [2.05, 4.69) is 27.8 Å². The van der Waals surface area contributed by atoms with Crippen LogP contribution in [0.15, 0.2) is 54.6 Å². The van der Waals surface area contributed by atoms with Crippen LogP contribution in [0.5, 0.6) is 0 Å². The van der Waals surface area contributed by atoms with E-state index in [-0.39, 0.29) is 18.5 Å². The van der Waals surface area contributed by atoms with Crippen molar-refractivity contribution in [3.63, 3.8) is 0 Å². The van der Waals surface area contributed by atoms with Crippen molar-refractivity contribution in [3.8, 4) is 0 Å². The van der Waals surface area contributed by atoms with Gasteiger partial charge in [0, 0.05) is 13.2 Å². The number of nitrogens with one attached hydrogen (secondary N) is 2. The highest BCUT2D eigenvalue weighted by molar-refractivity contribution is 5.83. The van der Waals surface area contributed by atoms with Gasteiger partial charge in [-0.25, -0.2) is 4.98 Å². The Bertz CT molecular complexity index is 885. The molecule has 2 aromatic carbocycles. The first kappa shape index (κ1) is 16.6. The Morgan fingerprint density at radius 3 is 2.77 bits per heavy atom. The molecule has 1 atom stereocenters. The summed E-state index contributed by atoms with van der Waals surface area (Å²) >= 11 is 0. The number of benzene rings is 2. The van der Waals surface area contributed by atoms with Gasteiger partial charge in [-0.2, -0.15) is 0 Å². The zero-order chi connectivity index (χ0) is 17.8. The monoisotopic (exact) mass is 350 g/mol. The van der Waals surface area contributed by atoms with E-state index in [9.17, 15) is 4.79 Å². The van der Waals surface area contributed by atoms with Crippen molar-refractivity contribution in [2.75, 3.05) is 18.5 Å². The topological polar surface area (TPSA) is 68.2 Å². The molecule has 26 heavy (non-hydrogen) atoms. The number of hydrogen-bond donors (Lipinski definition) is 2. The summed E-state index contributed by atoms with van der Waals surface area (Å²) in [7, 11) is 0.